The number of nitrogens with zero attached hydrogens (tertiary/aromatic N) is 5. The Bertz CT molecular complexity index is 1350. The highest BCUT2D eigenvalue weighted by Crippen LogP contribution is 2.30. The number of carbonyl (C=O) groups excluding carboxylic acids is 1. The van der Waals surface area contributed by atoms with Gasteiger partial charge in [-0.1, -0.05) is 18.2 Å². The quantitative estimate of drug-likeness (QED) is 0.499. The summed E-state index contributed by atoms with van der Waals surface area (Å²) < 4.78 is 42.0. The first-order valence-electron chi connectivity index (χ1n) is 9.72. The minimum atomic E-state index is -4.54. The lowest BCUT2D eigenvalue weighted by Gasteiger charge is -2.13. The average Bonchev–Trinajstić information content (AvgIpc) is 3.28. The second-order valence-electron chi connectivity index (χ2n) is 7.20. The third-order valence-electron chi connectivity index (χ3n) is 4.76. The molecule has 4 aromatic rings. The lowest BCUT2D eigenvalue weighted by molar-refractivity contribution is -0.137. The van der Waals surface area contributed by atoms with Gasteiger partial charge in [0.25, 0.3) is 5.91 Å². The van der Waals surface area contributed by atoms with Gasteiger partial charge in [0.05, 0.1) is 17.8 Å². The minimum absolute atomic E-state index is 0.0776. The Morgan fingerprint density at radius 3 is 2.52 bits per heavy atom. The maximum atomic E-state index is 13.1. The first kappa shape index (κ1) is 21.9. The van der Waals surface area contributed by atoms with E-state index in [0.29, 0.717) is 12.2 Å². The van der Waals surface area contributed by atoms with Crippen LogP contribution in [-0.4, -0.2) is 30.5 Å². The molecule has 0 radical (unpaired) electrons. The fraction of sp³-hybridized carbons (Fsp3) is 0.136. The maximum Gasteiger partial charge on any atom is 0.416 e. The Hall–Kier alpha value is -4.28. The number of carbonyl (C=O) groups is 1. The lowest BCUT2D eigenvalue weighted by Crippen LogP contribution is -2.27. The molecule has 2 heterocycles. The molecule has 0 spiro atoms. The summed E-state index contributed by atoms with van der Waals surface area (Å²) in [5, 5.41) is 10.6. The van der Waals surface area contributed by atoms with Crippen LogP contribution in [-0.2, 0) is 12.7 Å². The number of hydrogen-bond donors (Lipinski definition) is 1. The second-order valence-corrected chi connectivity index (χ2v) is 7.20. The largest absolute Gasteiger partial charge is 0.416 e. The molecule has 33 heavy (non-hydrogen) atoms. The lowest BCUT2D eigenvalue weighted by atomic mass is 10.2. The van der Waals surface area contributed by atoms with Crippen LogP contribution in [0.3, 0.4) is 0 Å². The van der Waals surface area contributed by atoms with Crippen LogP contribution in [0.2, 0.25) is 0 Å². The molecule has 11 heteroatoms. The van der Waals surface area contributed by atoms with E-state index in [-0.39, 0.29) is 11.4 Å². The Morgan fingerprint density at radius 1 is 1.09 bits per heavy atom. The van der Waals surface area contributed by atoms with E-state index in [2.05, 4.69) is 20.5 Å². The van der Waals surface area contributed by atoms with Crippen molar-refractivity contribution in [3.05, 3.63) is 100.0 Å². The van der Waals surface area contributed by atoms with Crippen LogP contribution in [0.25, 0.3) is 5.69 Å². The molecular weight excluding hydrogens is 437 g/mol. The number of aromatic nitrogens is 5. The molecule has 0 saturated heterocycles. The number of anilines is 1. The van der Waals surface area contributed by atoms with Crippen molar-refractivity contribution in [3.8, 4) is 5.69 Å². The number of hydrogen-bond acceptors (Lipinski definition) is 5. The van der Waals surface area contributed by atoms with Gasteiger partial charge in [0.15, 0.2) is 5.69 Å². The SMILES string of the molecule is Cc1cc(=O)c(C(=O)Nc2ccc(Cn3cncn3)cc2)nn1-c1cccc(C(F)(F)F)c1. The van der Waals surface area contributed by atoms with Gasteiger partial charge in [0.2, 0.25) is 5.43 Å². The normalized spacial score (nSPS) is 11.4. The van der Waals surface area contributed by atoms with Crippen molar-refractivity contribution in [3.63, 3.8) is 0 Å². The van der Waals surface area contributed by atoms with E-state index in [1.54, 1.807) is 35.3 Å². The highest BCUT2D eigenvalue weighted by Gasteiger charge is 2.30. The van der Waals surface area contributed by atoms with Crippen molar-refractivity contribution in [2.75, 3.05) is 5.32 Å². The fourth-order valence-electron chi connectivity index (χ4n) is 3.17. The van der Waals surface area contributed by atoms with Crippen LogP contribution < -0.4 is 10.7 Å². The van der Waals surface area contributed by atoms with Gasteiger partial charge in [0, 0.05) is 17.4 Å². The first-order valence-corrected chi connectivity index (χ1v) is 9.72. The Kier molecular flexibility index (Phi) is 5.78. The second kappa shape index (κ2) is 8.69. The summed E-state index contributed by atoms with van der Waals surface area (Å²) in [7, 11) is 0. The average molecular weight is 454 g/mol. The minimum Gasteiger partial charge on any atom is -0.320 e. The third kappa shape index (κ3) is 4.97. The van der Waals surface area contributed by atoms with E-state index < -0.39 is 28.8 Å². The molecular formula is C22H17F3N6O2. The monoisotopic (exact) mass is 454 g/mol. The zero-order chi connectivity index (χ0) is 23.6. The maximum absolute atomic E-state index is 13.1. The number of amides is 1. The first-order chi connectivity index (χ1) is 15.7. The number of halogens is 3. The van der Waals surface area contributed by atoms with E-state index in [1.165, 1.54) is 25.4 Å². The van der Waals surface area contributed by atoms with Gasteiger partial charge in [-0.2, -0.15) is 23.4 Å². The molecule has 2 aromatic heterocycles. The summed E-state index contributed by atoms with van der Waals surface area (Å²) in [5.41, 5.74) is -0.242. The molecule has 0 aliphatic rings. The van der Waals surface area contributed by atoms with Gasteiger partial charge in [-0.25, -0.2) is 14.3 Å². The standard InChI is InChI=1S/C22H17F3N6O2/c1-14-9-19(32)20(29-31(14)18-4-2-3-16(10-18)22(23,24)25)21(33)28-17-7-5-15(6-8-17)11-30-13-26-12-27-30/h2-10,12-13H,11H2,1H3,(H,28,33). The number of alkyl halides is 3. The van der Waals surface area contributed by atoms with Gasteiger partial charge < -0.3 is 5.32 Å². The highest BCUT2D eigenvalue weighted by molar-refractivity contribution is 6.02. The van der Waals surface area contributed by atoms with Crippen molar-refractivity contribution in [2.45, 2.75) is 19.6 Å². The fourth-order valence-corrected chi connectivity index (χ4v) is 3.17. The zero-order valence-electron chi connectivity index (χ0n) is 17.2. The summed E-state index contributed by atoms with van der Waals surface area (Å²) in [5.74, 6) is -0.773. The smallest absolute Gasteiger partial charge is 0.320 e. The van der Waals surface area contributed by atoms with Gasteiger partial charge in [0.1, 0.15) is 12.7 Å². The number of aryl methyl sites for hydroxylation is 1. The summed E-state index contributed by atoms with van der Waals surface area (Å²) in [4.78, 5) is 29.0. The molecule has 0 saturated carbocycles. The summed E-state index contributed by atoms with van der Waals surface area (Å²) in [6, 6.07) is 12.5. The topological polar surface area (TPSA) is 94.7 Å². The van der Waals surface area contributed by atoms with Crippen LogP contribution in [0.4, 0.5) is 18.9 Å². The molecule has 0 aliphatic heterocycles. The van der Waals surface area contributed by atoms with Crippen LogP contribution in [0, 0.1) is 6.92 Å². The predicted molar refractivity (Wildman–Crippen MR) is 113 cm³/mol. The highest BCUT2D eigenvalue weighted by atomic mass is 19.4. The summed E-state index contributed by atoms with van der Waals surface area (Å²) in [6.45, 7) is 2.01. The Labute approximate surface area is 185 Å². The van der Waals surface area contributed by atoms with Crippen LogP contribution in [0.5, 0.6) is 0 Å². The number of rotatable bonds is 5. The molecule has 1 N–H and O–H groups in total. The molecule has 2 aromatic carbocycles. The van der Waals surface area contributed by atoms with E-state index in [9.17, 15) is 22.8 Å². The van der Waals surface area contributed by atoms with E-state index in [4.69, 9.17) is 0 Å². The molecule has 0 fully saturated rings. The zero-order valence-corrected chi connectivity index (χ0v) is 17.2. The molecule has 0 aliphatic carbocycles. The van der Waals surface area contributed by atoms with Crippen molar-refractivity contribution < 1.29 is 18.0 Å². The summed E-state index contributed by atoms with van der Waals surface area (Å²) >= 11 is 0. The van der Waals surface area contributed by atoms with E-state index >= 15 is 0 Å². The molecule has 8 nitrogen and oxygen atoms in total. The van der Waals surface area contributed by atoms with Gasteiger partial charge in [-0.05, 0) is 42.8 Å². The van der Waals surface area contributed by atoms with E-state index in [0.717, 1.165) is 28.4 Å². The van der Waals surface area contributed by atoms with E-state index in [1.807, 2.05) is 0 Å². The van der Waals surface area contributed by atoms with Crippen molar-refractivity contribution in [1.29, 1.82) is 0 Å². The van der Waals surface area contributed by atoms with Crippen molar-refractivity contribution >= 4 is 11.6 Å². The molecule has 0 atom stereocenters. The number of benzene rings is 2. The predicted octanol–water partition coefficient (Wildman–Crippen LogP) is 3.45. The van der Waals surface area contributed by atoms with Crippen LogP contribution in [0.15, 0.2) is 72.0 Å². The van der Waals surface area contributed by atoms with Gasteiger partial charge >= 0.3 is 6.18 Å². The van der Waals surface area contributed by atoms with Gasteiger partial charge in [-0.15, -0.1) is 0 Å². The summed E-state index contributed by atoms with van der Waals surface area (Å²) in [6.07, 6.45) is -1.53. The molecule has 0 unspecified atom stereocenters. The Balaban J connectivity index is 1.58. The van der Waals surface area contributed by atoms with Crippen molar-refractivity contribution in [2.24, 2.45) is 0 Å². The molecule has 0 bridgehead atoms. The third-order valence-corrected chi connectivity index (χ3v) is 4.76. The molecule has 1 amide bonds. The number of nitrogens with one attached hydrogen (secondary N) is 1. The van der Waals surface area contributed by atoms with Crippen LogP contribution in [0.1, 0.15) is 27.3 Å². The Morgan fingerprint density at radius 2 is 1.85 bits per heavy atom. The van der Waals surface area contributed by atoms with Crippen molar-refractivity contribution in [1.82, 2.24) is 24.5 Å². The van der Waals surface area contributed by atoms with Gasteiger partial charge in [-0.3, -0.25) is 9.59 Å². The molecule has 168 valence electrons. The molecule has 4 rings (SSSR count). The van der Waals surface area contributed by atoms with Crippen LogP contribution >= 0.6 is 0 Å².